The molecule has 120 valence electrons. The summed E-state index contributed by atoms with van der Waals surface area (Å²) in [5.41, 5.74) is 0. The van der Waals surface area contributed by atoms with Crippen molar-refractivity contribution in [2.75, 3.05) is 0 Å². The van der Waals surface area contributed by atoms with E-state index in [4.69, 9.17) is 5.11 Å². The summed E-state index contributed by atoms with van der Waals surface area (Å²) in [6.07, 6.45) is 20.0. The van der Waals surface area contributed by atoms with E-state index >= 15 is 0 Å². The van der Waals surface area contributed by atoms with E-state index in [1.165, 1.54) is 32.1 Å². The number of hydrogen-bond acceptors (Lipinski definition) is 2. The Balaban J connectivity index is 3.30. The zero-order chi connectivity index (χ0) is 15.8. The molecule has 1 N–H and O–H groups in total. The number of carboxylic acids is 1. The summed E-state index contributed by atoms with van der Waals surface area (Å²) in [5, 5.41) is 8.42. The van der Waals surface area contributed by atoms with E-state index in [0.29, 0.717) is 6.42 Å². The number of carbonyl (C=O) groups is 2. The summed E-state index contributed by atoms with van der Waals surface area (Å²) in [7, 11) is 0. The van der Waals surface area contributed by atoms with Gasteiger partial charge in [0.15, 0.2) is 0 Å². The van der Waals surface area contributed by atoms with Crippen molar-refractivity contribution >= 4 is 11.8 Å². The maximum Gasteiger partial charge on any atom is 0.372 e. The SMILES string of the molecule is CCCCCC/C=C/C=C\CCCCCCC(=O)C(=O)O. The minimum atomic E-state index is -1.31. The van der Waals surface area contributed by atoms with Crippen molar-refractivity contribution < 1.29 is 14.7 Å². The second-order valence-electron chi connectivity index (χ2n) is 5.39. The molecule has 0 fully saturated rings. The molecule has 0 amide bonds. The largest absolute Gasteiger partial charge is 0.476 e. The molecule has 0 aromatic heterocycles. The normalized spacial score (nSPS) is 11.5. The Morgan fingerprint density at radius 1 is 0.810 bits per heavy atom. The lowest BCUT2D eigenvalue weighted by atomic mass is 10.1. The summed E-state index contributed by atoms with van der Waals surface area (Å²) in [4.78, 5) is 21.1. The van der Waals surface area contributed by atoms with E-state index in [-0.39, 0.29) is 6.42 Å². The molecule has 0 heterocycles. The third-order valence-electron chi connectivity index (χ3n) is 3.37. The predicted octanol–water partition coefficient (Wildman–Crippen LogP) is 5.06. The Hall–Kier alpha value is -1.38. The van der Waals surface area contributed by atoms with Crippen LogP contribution in [0.2, 0.25) is 0 Å². The molecule has 0 aliphatic rings. The molecule has 0 bridgehead atoms. The molecule has 0 aromatic carbocycles. The highest BCUT2D eigenvalue weighted by molar-refractivity contribution is 6.32. The quantitative estimate of drug-likeness (QED) is 0.277. The molecule has 3 nitrogen and oxygen atoms in total. The van der Waals surface area contributed by atoms with E-state index in [2.05, 4.69) is 31.2 Å². The second-order valence-corrected chi connectivity index (χ2v) is 5.39. The van der Waals surface area contributed by atoms with E-state index in [1.54, 1.807) is 0 Å². The Kier molecular flexibility index (Phi) is 14.0. The molecule has 0 unspecified atom stereocenters. The molecule has 0 saturated carbocycles. The molecule has 21 heavy (non-hydrogen) atoms. The van der Waals surface area contributed by atoms with Crippen LogP contribution in [-0.4, -0.2) is 16.9 Å². The molecule has 0 aliphatic carbocycles. The Morgan fingerprint density at radius 2 is 1.33 bits per heavy atom. The molecule has 0 radical (unpaired) electrons. The predicted molar refractivity (Wildman–Crippen MR) is 87.4 cm³/mol. The number of hydrogen-bond donors (Lipinski definition) is 1. The highest BCUT2D eigenvalue weighted by atomic mass is 16.4. The lowest BCUT2D eigenvalue weighted by molar-refractivity contribution is -0.149. The average molecular weight is 294 g/mol. The number of allylic oxidation sites excluding steroid dienone is 4. The van der Waals surface area contributed by atoms with Gasteiger partial charge in [-0.1, -0.05) is 63.3 Å². The number of Topliss-reactive ketones (excluding diaryl/α,β-unsaturated/α-hetero) is 1. The Bertz CT molecular complexity index is 329. The van der Waals surface area contributed by atoms with Crippen LogP contribution in [0.5, 0.6) is 0 Å². The average Bonchev–Trinajstić information content (AvgIpc) is 2.47. The fraction of sp³-hybridized carbons (Fsp3) is 0.667. The highest BCUT2D eigenvalue weighted by Gasteiger charge is 2.09. The van der Waals surface area contributed by atoms with Gasteiger partial charge in [0.05, 0.1) is 0 Å². The highest BCUT2D eigenvalue weighted by Crippen LogP contribution is 2.07. The fourth-order valence-corrected chi connectivity index (χ4v) is 2.05. The van der Waals surface area contributed by atoms with Crippen LogP contribution in [0.3, 0.4) is 0 Å². The van der Waals surface area contributed by atoms with E-state index in [1.807, 2.05) is 0 Å². The molecule has 3 heteroatoms. The monoisotopic (exact) mass is 294 g/mol. The van der Waals surface area contributed by atoms with Gasteiger partial charge in [0.1, 0.15) is 0 Å². The van der Waals surface area contributed by atoms with Crippen LogP contribution in [-0.2, 0) is 9.59 Å². The molecule has 0 atom stereocenters. The Morgan fingerprint density at radius 3 is 1.86 bits per heavy atom. The molecule has 0 aromatic rings. The number of carbonyl (C=O) groups excluding carboxylic acids is 1. The molecule has 0 aliphatic heterocycles. The van der Waals surface area contributed by atoms with E-state index < -0.39 is 11.8 Å². The van der Waals surface area contributed by atoms with Crippen LogP contribution in [0.15, 0.2) is 24.3 Å². The van der Waals surface area contributed by atoms with Crippen LogP contribution >= 0.6 is 0 Å². The van der Waals surface area contributed by atoms with Gasteiger partial charge in [-0.05, 0) is 32.1 Å². The molecule has 0 spiro atoms. The molecule has 0 saturated heterocycles. The minimum absolute atomic E-state index is 0.173. The first-order valence-corrected chi connectivity index (χ1v) is 8.26. The molecular formula is C18H30O3. The Labute approximate surface area is 129 Å². The van der Waals surface area contributed by atoms with Crippen molar-refractivity contribution in [2.45, 2.75) is 77.6 Å². The van der Waals surface area contributed by atoms with Crippen LogP contribution < -0.4 is 0 Å². The summed E-state index contributed by atoms with van der Waals surface area (Å²) in [6.45, 7) is 2.22. The maximum atomic E-state index is 10.8. The minimum Gasteiger partial charge on any atom is -0.476 e. The van der Waals surface area contributed by atoms with Gasteiger partial charge in [-0.15, -0.1) is 0 Å². The summed E-state index contributed by atoms with van der Waals surface area (Å²) >= 11 is 0. The van der Waals surface area contributed by atoms with Gasteiger partial charge in [-0.2, -0.15) is 0 Å². The third kappa shape index (κ3) is 14.8. The molecule has 0 rings (SSSR count). The number of ketones is 1. The van der Waals surface area contributed by atoms with Crippen LogP contribution in [0.25, 0.3) is 0 Å². The van der Waals surface area contributed by atoms with Gasteiger partial charge >= 0.3 is 5.97 Å². The van der Waals surface area contributed by atoms with Gasteiger partial charge in [-0.3, -0.25) is 4.79 Å². The third-order valence-corrected chi connectivity index (χ3v) is 3.37. The second kappa shape index (κ2) is 15.0. The van der Waals surface area contributed by atoms with Crippen molar-refractivity contribution in [1.82, 2.24) is 0 Å². The van der Waals surface area contributed by atoms with Crippen LogP contribution in [0.4, 0.5) is 0 Å². The maximum absolute atomic E-state index is 10.8. The lowest BCUT2D eigenvalue weighted by Gasteiger charge is -1.97. The van der Waals surface area contributed by atoms with Crippen LogP contribution in [0.1, 0.15) is 77.6 Å². The number of rotatable bonds is 14. The van der Waals surface area contributed by atoms with E-state index in [9.17, 15) is 9.59 Å². The number of carboxylic acid groups (broad SMARTS) is 1. The summed E-state index contributed by atoms with van der Waals surface area (Å²) in [6, 6.07) is 0. The van der Waals surface area contributed by atoms with Gasteiger partial charge in [-0.25, -0.2) is 4.79 Å². The van der Waals surface area contributed by atoms with Crippen molar-refractivity contribution in [3.05, 3.63) is 24.3 Å². The van der Waals surface area contributed by atoms with Crippen molar-refractivity contribution in [1.29, 1.82) is 0 Å². The number of aliphatic carboxylic acids is 1. The first kappa shape index (κ1) is 19.6. The number of unbranched alkanes of at least 4 members (excludes halogenated alkanes) is 8. The van der Waals surface area contributed by atoms with Gasteiger partial charge in [0.25, 0.3) is 0 Å². The summed E-state index contributed by atoms with van der Waals surface area (Å²) in [5.74, 6) is -1.97. The fourth-order valence-electron chi connectivity index (χ4n) is 2.05. The zero-order valence-electron chi connectivity index (χ0n) is 13.4. The standard InChI is InChI=1S/C18H30O3/c1-2-3-4-5-6-7-8-9-10-11-12-13-14-15-16-17(19)18(20)21/h7-10H,2-6,11-16H2,1H3,(H,20,21)/b8-7+,10-9-. The van der Waals surface area contributed by atoms with Crippen molar-refractivity contribution in [2.24, 2.45) is 0 Å². The van der Waals surface area contributed by atoms with Gasteiger partial charge in [0.2, 0.25) is 5.78 Å². The van der Waals surface area contributed by atoms with Gasteiger partial charge in [0, 0.05) is 6.42 Å². The van der Waals surface area contributed by atoms with Crippen LogP contribution in [0, 0.1) is 0 Å². The summed E-state index contributed by atoms with van der Waals surface area (Å²) < 4.78 is 0. The lowest BCUT2D eigenvalue weighted by Crippen LogP contribution is -2.11. The van der Waals surface area contributed by atoms with Crippen molar-refractivity contribution in [3.63, 3.8) is 0 Å². The van der Waals surface area contributed by atoms with Gasteiger partial charge < -0.3 is 5.11 Å². The first-order valence-electron chi connectivity index (χ1n) is 8.26. The smallest absolute Gasteiger partial charge is 0.372 e. The first-order chi connectivity index (χ1) is 10.2. The molecular weight excluding hydrogens is 264 g/mol. The zero-order valence-corrected chi connectivity index (χ0v) is 13.4. The van der Waals surface area contributed by atoms with Crippen molar-refractivity contribution in [3.8, 4) is 0 Å². The van der Waals surface area contributed by atoms with E-state index in [0.717, 1.165) is 25.7 Å². The topological polar surface area (TPSA) is 54.4 Å².